The number of benzene rings is 2. The Morgan fingerprint density at radius 3 is 2.20 bits per heavy atom. The monoisotopic (exact) mass is 366 g/mol. The molecule has 0 atom stereocenters. The smallest absolute Gasteiger partial charge is 0.276 e. The summed E-state index contributed by atoms with van der Waals surface area (Å²) in [5.74, 6) is -0.908. The van der Waals surface area contributed by atoms with Crippen LogP contribution in [-0.4, -0.2) is 25.0 Å². The predicted octanol–water partition coefficient (Wildman–Crippen LogP) is 2.39. The first-order valence-electron chi connectivity index (χ1n) is 7.29. The van der Waals surface area contributed by atoms with Crippen molar-refractivity contribution in [3.8, 4) is 11.5 Å². The SMILES string of the molecule is Cc1ccccc1OCC(=O)NNC(=O)COc1ccc(F)cc1Cl. The number of halogens is 2. The van der Waals surface area contributed by atoms with E-state index in [9.17, 15) is 14.0 Å². The maximum absolute atomic E-state index is 12.9. The van der Waals surface area contributed by atoms with E-state index in [0.29, 0.717) is 5.75 Å². The lowest BCUT2D eigenvalue weighted by Gasteiger charge is -2.11. The molecule has 0 saturated heterocycles. The zero-order valence-electron chi connectivity index (χ0n) is 13.3. The number of carbonyl (C=O) groups excluding carboxylic acids is 2. The molecule has 2 aromatic rings. The first-order valence-corrected chi connectivity index (χ1v) is 7.67. The molecular weight excluding hydrogens is 351 g/mol. The molecule has 0 fully saturated rings. The average molecular weight is 367 g/mol. The van der Waals surface area contributed by atoms with Crippen LogP contribution >= 0.6 is 11.6 Å². The number of hydrogen-bond donors (Lipinski definition) is 2. The summed E-state index contributed by atoms with van der Waals surface area (Å²) >= 11 is 5.77. The Morgan fingerprint density at radius 2 is 1.60 bits per heavy atom. The van der Waals surface area contributed by atoms with Crippen LogP contribution in [0.25, 0.3) is 0 Å². The summed E-state index contributed by atoms with van der Waals surface area (Å²) in [4.78, 5) is 23.3. The fourth-order valence-corrected chi connectivity index (χ4v) is 2.03. The van der Waals surface area contributed by atoms with E-state index in [-0.39, 0.29) is 17.4 Å². The summed E-state index contributed by atoms with van der Waals surface area (Å²) in [5, 5.41) is 0.0449. The molecule has 0 saturated carbocycles. The Balaban J connectivity index is 1.70. The molecule has 0 unspecified atom stereocenters. The van der Waals surface area contributed by atoms with Crippen LogP contribution in [0.1, 0.15) is 5.56 Å². The van der Waals surface area contributed by atoms with Gasteiger partial charge in [0.1, 0.15) is 17.3 Å². The third-order valence-corrected chi connectivity index (χ3v) is 3.34. The van der Waals surface area contributed by atoms with Crippen molar-refractivity contribution >= 4 is 23.4 Å². The van der Waals surface area contributed by atoms with Crippen LogP contribution in [0.5, 0.6) is 11.5 Å². The number of nitrogens with one attached hydrogen (secondary N) is 2. The Hall–Kier alpha value is -2.80. The molecule has 25 heavy (non-hydrogen) atoms. The van der Waals surface area contributed by atoms with Crippen LogP contribution in [-0.2, 0) is 9.59 Å². The van der Waals surface area contributed by atoms with Crippen molar-refractivity contribution in [2.24, 2.45) is 0 Å². The van der Waals surface area contributed by atoms with Crippen molar-refractivity contribution in [1.29, 1.82) is 0 Å². The summed E-state index contributed by atoms with van der Waals surface area (Å²) in [7, 11) is 0. The van der Waals surface area contributed by atoms with E-state index in [1.807, 2.05) is 19.1 Å². The summed E-state index contributed by atoms with van der Waals surface area (Å²) in [6.07, 6.45) is 0. The van der Waals surface area contributed by atoms with Crippen LogP contribution in [0, 0.1) is 12.7 Å². The largest absolute Gasteiger partial charge is 0.483 e. The van der Waals surface area contributed by atoms with Crippen LogP contribution in [0.2, 0.25) is 5.02 Å². The van der Waals surface area contributed by atoms with E-state index < -0.39 is 24.2 Å². The Kier molecular flexibility index (Phi) is 6.59. The standard InChI is InChI=1S/C17H16ClFN2O4/c1-11-4-2-3-5-14(11)24-9-16(22)20-21-17(23)10-25-15-7-6-12(19)8-13(15)18/h2-8H,9-10H2,1H3,(H,20,22)(H,21,23). The molecule has 132 valence electrons. The van der Waals surface area contributed by atoms with Gasteiger partial charge in [0.05, 0.1) is 5.02 Å². The minimum absolute atomic E-state index is 0.0449. The zero-order chi connectivity index (χ0) is 18.2. The van der Waals surface area contributed by atoms with Gasteiger partial charge in [-0.15, -0.1) is 0 Å². The van der Waals surface area contributed by atoms with Gasteiger partial charge in [-0.05, 0) is 36.8 Å². The van der Waals surface area contributed by atoms with E-state index in [1.165, 1.54) is 6.07 Å². The van der Waals surface area contributed by atoms with Crippen LogP contribution in [0.3, 0.4) is 0 Å². The van der Waals surface area contributed by atoms with Gasteiger partial charge in [-0.2, -0.15) is 0 Å². The molecule has 2 rings (SSSR count). The third kappa shape index (κ3) is 5.96. The molecule has 8 heteroatoms. The van der Waals surface area contributed by atoms with E-state index in [1.54, 1.807) is 12.1 Å². The second-order valence-corrected chi connectivity index (χ2v) is 5.42. The number of amides is 2. The number of hydrazine groups is 1. The topological polar surface area (TPSA) is 76.7 Å². The minimum atomic E-state index is -0.607. The molecule has 2 aromatic carbocycles. The molecule has 0 radical (unpaired) electrons. The van der Waals surface area contributed by atoms with Crippen LogP contribution in [0.4, 0.5) is 4.39 Å². The molecular formula is C17H16ClFN2O4. The highest BCUT2D eigenvalue weighted by Gasteiger charge is 2.09. The molecule has 6 nitrogen and oxygen atoms in total. The fourth-order valence-electron chi connectivity index (χ4n) is 1.81. The Labute approximate surface area is 148 Å². The number of ether oxygens (including phenoxy) is 2. The van der Waals surface area contributed by atoms with E-state index in [2.05, 4.69) is 10.9 Å². The highest BCUT2D eigenvalue weighted by molar-refractivity contribution is 6.32. The van der Waals surface area contributed by atoms with E-state index >= 15 is 0 Å². The van der Waals surface area contributed by atoms with Crippen molar-refractivity contribution in [2.45, 2.75) is 6.92 Å². The normalized spacial score (nSPS) is 10.0. The molecule has 0 aliphatic heterocycles. The van der Waals surface area contributed by atoms with Crippen LogP contribution in [0.15, 0.2) is 42.5 Å². The summed E-state index contributed by atoms with van der Waals surface area (Å²) < 4.78 is 23.4. The number of para-hydroxylation sites is 1. The van der Waals surface area contributed by atoms with Gasteiger partial charge in [0.25, 0.3) is 11.8 Å². The predicted molar refractivity (Wildman–Crippen MR) is 89.9 cm³/mol. The fraction of sp³-hybridized carbons (Fsp3) is 0.176. The Bertz CT molecular complexity index is 770. The van der Waals surface area contributed by atoms with Crippen molar-refractivity contribution in [2.75, 3.05) is 13.2 Å². The van der Waals surface area contributed by atoms with Crippen LogP contribution < -0.4 is 20.3 Å². The molecule has 0 bridgehead atoms. The summed E-state index contributed by atoms with van der Waals surface area (Å²) in [6, 6.07) is 10.8. The molecule has 0 aliphatic carbocycles. The first kappa shape index (κ1) is 18.5. The average Bonchev–Trinajstić information content (AvgIpc) is 2.58. The van der Waals surface area contributed by atoms with Crippen molar-refractivity contribution in [3.63, 3.8) is 0 Å². The van der Waals surface area contributed by atoms with Gasteiger partial charge in [-0.25, -0.2) is 4.39 Å². The van der Waals surface area contributed by atoms with Gasteiger partial charge < -0.3 is 9.47 Å². The molecule has 0 aromatic heterocycles. The highest BCUT2D eigenvalue weighted by Crippen LogP contribution is 2.24. The molecule has 0 aliphatic rings. The quantitative estimate of drug-likeness (QED) is 0.770. The van der Waals surface area contributed by atoms with Gasteiger partial charge in [0.2, 0.25) is 0 Å². The van der Waals surface area contributed by atoms with E-state index in [0.717, 1.165) is 17.7 Å². The lowest BCUT2D eigenvalue weighted by atomic mass is 10.2. The number of carbonyl (C=O) groups is 2. The second-order valence-electron chi connectivity index (χ2n) is 5.01. The summed E-state index contributed by atoms with van der Waals surface area (Å²) in [6.45, 7) is 1.20. The van der Waals surface area contributed by atoms with Crippen molar-refractivity contribution in [1.82, 2.24) is 10.9 Å². The van der Waals surface area contributed by atoms with Crippen molar-refractivity contribution < 1.29 is 23.5 Å². The maximum atomic E-state index is 12.9. The molecule has 0 spiro atoms. The van der Waals surface area contributed by atoms with E-state index in [4.69, 9.17) is 21.1 Å². The minimum Gasteiger partial charge on any atom is -0.483 e. The zero-order valence-corrected chi connectivity index (χ0v) is 14.1. The van der Waals surface area contributed by atoms with Gasteiger partial charge >= 0.3 is 0 Å². The molecule has 0 heterocycles. The van der Waals surface area contributed by atoms with Crippen molar-refractivity contribution in [3.05, 3.63) is 58.9 Å². The lowest BCUT2D eigenvalue weighted by molar-refractivity contribution is -0.131. The second kappa shape index (κ2) is 8.89. The molecule has 2 amide bonds. The van der Waals surface area contributed by atoms with Gasteiger partial charge in [0, 0.05) is 0 Å². The third-order valence-electron chi connectivity index (χ3n) is 3.05. The number of hydrogen-bond acceptors (Lipinski definition) is 4. The van der Waals surface area contributed by atoms with Gasteiger partial charge in [-0.1, -0.05) is 29.8 Å². The molecule has 2 N–H and O–H groups in total. The first-order chi connectivity index (χ1) is 12.0. The van der Waals surface area contributed by atoms with Gasteiger partial charge in [0.15, 0.2) is 13.2 Å². The highest BCUT2D eigenvalue weighted by atomic mass is 35.5. The Morgan fingerprint density at radius 1 is 1.00 bits per heavy atom. The number of rotatable bonds is 6. The van der Waals surface area contributed by atoms with Gasteiger partial charge in [-0.3, -0.25) is 20.4 Å². The lowest BCUT2D eigenvalue weighted by Crippen LogP contribution is -2.45. The number of aryl methyl sites for hydroxylation is 1. The summed E-state index contributed by atoms with van der Waals surface area (Å²) in [5.41, 5.74) is 5.26. The maximum Gasteiger partial charge on any atom is 0.276 e.